The largest absolute Gasteiger partial charge is 0.465 e. The van der Waals surface area contributed by atoms with Gasteiger partial charge in [0, 0.05) is 29.7 Å². The molecule has 3 aliphatic heterocycles. The summed E-state index contributed by atoms with van der Waals surface area (Å²) in [5.41, 5.74) is 1.36. The third-order valence-electron chi connectivity index (χ3n) is 5.16. The number of nitrogens with zero attached hydrogens (tertiary/aromatic N) is 2. The minimum atomic E-state index is -1.00. The Kier molecular flexibility index (Phi) is 4.75. The van der Waals surface area contributed by atoms with Crippen molar-refractivity contribution >= 4 is 23.4 Å². The van der Waals surface area contributed by atoms with Crippen molar-refractivity contribution in [3.8, 4) is 11.8 Å². The molecule has 1 aromatic carbocycles. The predicted molar refractivity (Wildman–Crippen MR) is 95.9 cm³/mol. The van der Waals surface area contributed by atoms with Crippen molar-refractivity contribution in [1.82, 2.24) is 4.90 Å². The third-order valence-corrected chi connectivity index (χ3v) is 5.39. The molecule has 26 heavy (non-hydrogen) atoms. The molecule has 136 valence electrons. The van der Waals surface area contributed by atoms with Gasteiger partial charge in [0.05, 0.1) is 12.0 Å². The summed E-state index contributed by atoms with van der Waals surface area (Å²) in [7, 11) is 0. The van der Waals surface area contributed by atoms with Crippen LogP contribution in [0, 0.1) is 23.7 Å². The zero-order valence-corrected chi connectivity index (χ0v) is 14.9. The Bertz CT molecular complexity index is 794. The Morgan fingerprint density at radius 1 is 1.35 bits per heavy atom. The second-order valence-electron chi connectivity index (χ2n) is 6.76. The first kappa shape index (κ1) is 17.2. The van der Waals surface area contributed by atoms with Crippen LogP contribution in [0.3, 0.4) is 0 Å². The number of benzene rings is 1. The average Bonchev–Trinajstić information content (AvgIpc) is 3.21. The molecule has 1 aromatic rings. The van der Waals surface area contributed by atoms with E-state index < -0.39 is 12.3 Å². The van der Waals surface area contributed by atoms with Gasteiger partial charge in [0.15, 0.2) is 0 Å². The van der Waals surface area contributed by atoms with E-state index in [1.807, 2.05) is 12.1 Å². The predicted octanol–water partition coefficient (Wildman–Crippen LogP) is 3.20. The van der Waals surface area contributed by atoms with Crippen LogP contribution in [-0.4, -0.2) is 47.3 Å². The van der Waals surface area contributed by atoms with Crippen LogP contribution < -0.4 is 0 Å². The lowest BCUT2D eigenvalue weighted by molar-refractivity contribution is -0.0315. The molecule has 0 aromatic heterocycles. The summed E-state index contributed by atoms with van der Waals surface area (Å²) in [4.78, 5) is 18.4. The topological polar surface area (TPSA) is 71.4 Å². The van der Waals surface area contributed by atoms with Crippen LogP contribution in [-0.2, 0) is 9.57 Å². The standard InChI is InChI=1S/C19H19ClN2O4/c20-13-5-3-4-12(10-13)7-8-15-17-14(16-6-1-2-9-25-16)11-22(19(23)24)18(17)26-21-15/h3-5,10,14,16-18H,1-2,6,9,11H2,(H,23,24). The summed E-state index contributed by atoms with van der Waals surface area (Å²) in [6.45, 7) is 1.10. The van der Waals surface area contributed by atoms with Gasteiger partial charge in [0.25, 0.3) is 0 Å². The number of hydrogen-bond acceptors (Lipinski definition) is 4. The lowest BCUT2D eigenvalue weighted by Gasteiger charge is -2.29. The Morgan fingerprint density at radius 2 is 2.23 bits per heavy atom. The number of oxime groups is 1. The number of likely N-dealkylation sites (tertiary alicyclic amines) is 1. The van der Waals surface area contributed by atoms with Gasteiger partial charge in [-0.25, -0.2) is 4.79 Å². The second-order valence-corrected chi connectivity index (χ2v) is 7.20. The molecule has 6 nitrogen and oxygen atoms in total. The van der Waals surface area contributed by atoms with Gasteiger partial charge >= 0.3 is 6.09 Å². The molecule has 1 amide bonds. The van der Waals surface area contributed by atoms with E-state index in [2.05, 4.69) is 17.0 Å². The summed E-state index contributed by atoms with van der Waals surface area (Å²) >= 11 is 6.00. The molecule has 4 rings (SSSR count). The molecular weight excluding hydrogens is 356 g/mol. The first-order valence-electron chi connectivity index (χ1n) is 8.76. The minimum absolute atomic E-state index is 0.00584. The zero-order chi connectivity index (χ0) is 18.1. The Hall–Kier alpha value is -2.23. The number of rotatable bonds is 1. The Labute approximate surface area is 156 Å². The smallest absolute Gasteiger partial charge is 0.410 e. The molecule has 0 saturated carbocycles. The van der Waals surface area contributed by atoms with Gasteiger partial charge < -0.3 is 14.7 Å². The van der Waals surface area contributed by atoms with E-state index in [0.717, 1.165) is 24.8 Å². The van der Waals surface area contributed by atoms with E-state index in [0.29, 0.717) is 23.9 Å². The van der Waals surface area contributed by atoms with E-state index in [4.69, 9.17) is 21.2 Å². The monoisotopic (exact) mass is 374 g/mol. The molecule has 3 aliphatic rings. The summed E-state index contributed by atoms with van der Waals surface area (Å²) in [6.07, 6.45) is 1.46. The lowest BCUT2D eigenvalue weighted by Crippen LogP contribution is -2.37. The highest BCUT2D eigenvalue weighted by molar-refractivity contribution is 6.30. The SMILES string of the molecule is O=C(O)N1CC(C2CCCCO2)C2C(C#Cc3cccc(Cl)c3)=NOC21. The molecular formula is C19H19ClN2O4. The Morgan fingerprint density at radius 3 is 2.96 bits per heavy atom. The van der Waals surface area contributed by atoms with Crippen molar-refractivity contribution in [1.29, 1.82) is 0 Å². The van der Waals surface area contributed by atoms with Gasteiger partial charge in [0.1, 0.15) is 5.71 Å². The maximum Gasteiger partial charge on any atom is 0.410 e. The molecule has 0 aliphatic carbocycles. The number of halogens is 1. The van der Waals surface area contributed by atoms with E-state index in [1.54, 1.807) is 12.1 Å². The van der Waals surface area contributed by atoms with Crippen molar-refractivity contribution in [3.05, 3.63) is 34.9 Å². The summed E-state index contributed by atoms with van der Waals surface area (Å²) < 4.78 is 5.93. The number of hydrogen-bond donors (Lipinski definition) is 1. The normalized spacial score (nSPS) is 30.0. The van der Waals surface area contributed by atoms with Gasteiger partial charge in [-0.3, -0.25) is 4.90 Å². The number of carbonyl (C=O) groups is 1. The minimum Gasteiger partial charge on any atom is -0.465 e. The molecule has 0 bridgehead atoms. The van der Waals surface area contributed by atoms with Gasteiger partial charge in [-0.1, -0.05) is 28.7 Å². The molecule has 3 heterocycles. The molecule has 2 saturated heterocycles. The molecule has 1 N–H and O–H groups in total. The number of ether oxygens (including phenoxy) is 1. The van der Waals surface area contributed by atoms with Gasteiger partial charge in [-0.05, 0) is 43.4 Å². The van der Waals surface area contributed by atoms with Gasteiger partial charge in [-0.2, -0.15) is 0 Å². The zero-order valence-electron chi connectivity index (χ0n) is 14.1. The van der Waals surface area contributed by atoms with E-state index >= 15 is 0 Å². The van der Waals surface area contributed by atoms with E-state index in [9.17, 15) is 9.90 Å². The number of carboxylic acid groups (broad SMARTS) is 1. The maximum atomic E-state index is 11.6. The first-order valence-corrected chi connectivity index (χ1v) is 9.14. The number of fused-ring (bicyclic) bond motifs is 1. The van der Waals surface area contributed by atoms with Crippen LogP contribution in [0.15, 0.2) is 29.4 Å². The van der Waals surface area contributed by atoms with Crippen molar-refractivity contribution in [2.24, 2.45) is 17.0 Å². The van der Waals surface area contributed by atoms with Crippen LogP contribution in [0.1, 0.15) is 24.8 Å². The fraction of sp³-hybridized carbons (Fsp3) is 0.474. The van der Waals surface area contributed by atoms with Crippen molar-refractivity contribution < 1.29 is 19.5 Å². The fourth-order valence-electron chi connectivity index (χ4n) is 3.93. The highest BCUT2D eigenvalue weighted by atomic mass is 35.5. The maximum absolute atomic E-state index is 11.6. The first-order chi connectivity index (χ1) is 12.6. The molecule has 2 fully saturated rings. The highest BCUT2D eigenvalue weighted by Crippen LogP contribution is 2.40. The van der Waals surface area contributed by atoms with Crippen molar-refractivity contribution in [2.75, 3.05) is 13.2 Å². The van der Waals surface area contributed by atoms with Crippen molar-refractivity contribution in [2.45, 2.75) is 31.6 Å². The molecule has 0 radical (unpaired) electrons. The van der Waals surface area contributed by atoms with Crippen LogP contribution >= 0.6 is 11.6 Å². The molecule has 4 atom stereocenters. The number of amides is 1. The average molecular weight is 375 g/mol. The van der Waals surface area contributed by atoms with Crippen molar-refractivity contribution in [3.63, 3.8) is 0 Å². The fourth-order valence-corrected chi connectivity index (χ4v) is 4.12. The summed E-state index contributed by atoms with van der Waals surface area (Å²) in [6, 6.07) is 7.27. The van der Waals surface area contributed by atoms with Crippen LogP contribution in [0.2, 0.25) is 5.02 Å². The van der Waals surface area contributed by atoms with Crippen LogP contribution in [0.5, 0.6) is 0 Å². The third kappa shape index (κ3) is 3.25. The Balaban J connectivity index is 1.60. The second kappa shape index (κ2) is 7.18. The van der Waals surface area contributed by atoms with Crippen LogP contribution in [0.25, 0.3) is 0 Å². The van der Waals surface area contributed by atoms with Gasteiger partial charge in [0.2, 0.25) is 6.23 Å². The molecule has 0 spiro atoms. The van der Waals surface area contributed by atoms with Gasteiger partial charge in [-0.15, -0.1) is 0 Å². The molecule has 4 unspecified atom stereocenters. The quantitative estimate of drug-likeness (QED) is 0.766. The molecule has 7 heteroatoms. The van der Waals surface area contributed by atoms with Crippen LogP contribution in [0.4, 0.5) is 4.79 Å². The summed E-state index contributed by atoms with van der Waals surface area (Å²) in [5, 5.41) is 14.2. The van der Waals surface area contributed by atoms with E-state index in [1.165, 1.54) is 4.90 Å². The van der Waals surface area contributed by atoms with E-state index in [-0.39, 0.29) is 17.9 Å². The highest BCUT2D eigenvalue weighted by Gasteiger charge is 2.54. The lowest BCUT2D eigenvalue weighted by atomic mass is 9.84. The summed E-state index contributed by atoms with van der Waals surface area (Å²) in [5.74, 6) is 5.93.